The van der Waals surface area contributed by atoms with Crippen molar-refractivity contribution in [3.8, 4) is 0 Å². The first kappa shape index (κ1) is 11.5. The highest BCUT2D eigenvalue weighted by atomic mass is 16.2. The fourth-order valence-corrected chi connectivity index (χ4v) is 2.15. The quantitative estimate of drug-likeness (QED) is 0.681. The second-order valence-corrected chi connectivity index (χ2v) is 4.74. The standard InChI is InChI=1S/C12H23NO/c1-4-6-12(14)13-8-5-7-11(9-13)10(2)3/h10-11H,4-9H2,1-3H3/t11-/m1/s1. The number of rotatable bonds is 3. The number of carbonyl (C=O) groups is 1. The lowest BCUT2D eigenvalue weighted by Gasteiger charge is -2.34. The van der Waals surface area contributed by atoms with Crippen LogP contribution in [0.2, 0.25) is 0 Å². The van der Waals surface area contributed by atoms with Crippen molar-refractivity contribution in [2.75, 3.05) is 13.1 Å². The Labute approximate surface area is 87.7 Å². The summed E-state index contributed by atoms with van der Waals surface area (Å²) in [5.74, 6) is 1.80. The zero-order valence-electron chi connectivity index (χ0n) is 9.75. The van der Waals surface area contributed by atoms with Crippen molar-refractivity contribution < 1.29 is 4.79 Å². The molecule has 0 aliphatic carbocycles. The molecule has 0 spiro atoms. The molecular formula is C12H23NO. The van der Waals surface area contributed by atoms with E-state index >= 15 is 0 Å². The number of likely N-dealkylation sites (tertiary alicyclic amines) is 1. The summed E-state index contributed by atoms with van der Waals surface area (Å²) < 4.78 is 0. The van der Waals surface area contributed by atoms with E-state index in [4.69, 9.17) is 0 Å². The van der Waals surface area contributed by atoms with Gasteiger partial charge in [-0.15, -0.1) is 0 Å². The average Bonchev–Trinajstić information content (AvgIpc) is 2.18. The number of piperidine rings is 1. The van der Waals surface area contributed by atoms with Gasteiger partial charge in [-0.05, 0) is 31.1 Å². The molecule has 2 nitrogen and oxygen atoms in total. The van der Waals surface area contributed by atoms with Crippen LogP contribution in [0.25, 0.3) is 0 Å². The molecule has 1 rings (SSSR count). The van der Waals surface area contributed by atoms with E-state index in [-0.39, 0.29) is 0 Å². The molecule has 0 N–H and O–H groups in total. The SMILES string of the molecule is CCCC(=O)N1CCC[C@@H](C(C)C)C1. The first-order chi connectivity index (χ1) is 6.65. The van der Waals surface area contributed by atoms with Crippen molar-refractivity contribution >= 4 is 5.91 Å². The zero-order chi connectivity index (χ0) is 10.6. The van der Waals surface area contributed by atoms with Crippen LogP contribution in [0.15, 0.2) is 0 Å². The van der Waals surface area contributed by atoms with Gasteiger partial charge in [-0.25, -0.2) is 0 Å². The largest absolute Gasteiger partial charge is 0.342 e. The molecule has 0 saturated carbocycles. The van der Waals surface area contributed by atoms with E-state index in [9.17, 15) is 4.79 Å². The first-order valence-electron chi connectivity index (χ1n) is 5.93. The van der Waals surface area contributed by atoms with Crippen LogP contribution < -0.4 is 0 Å². The van der Waals surface area contributed by atoms with Crippen LogP contribution in [0, 0.1) is 11.8 Å². The van der Waals surface area contributed by atoms with E-state index < -0.39 is 0 Å². The second kappa shape index (κ2) is 5.38. The highest BCUT2D eigenvalue weighted by Gasteiger charge is 2.24. The predicted molar refractivity (Wildman–Crippen MR) is 59.1 cm³/mol. The van der Waals surface area contributed by atoms with Crippen molar-refractivity contribution in [1.82, 2.24) is 4.90 Å². The molecule has 1 heterocycles. The fraction of sp³-hybridized carbons (Fsp3) is 0.917. The Bertz CT molecular complexity index is 189. The summed E-state index contributed by atoms with van der Waals surface area (Å²) in [6.07, 6.45) is 4.19. The van der Waals surface area contributed by atoms with Gasteiger partial charge in [0, 0.05) is 19.5 Å². The van der Waals surface area contributed by atoms with Gasteiger partial charge in [-0.2, -0.15) is 0 Å². The van der Waals surface area contributed by atoms with E-state index in [0.29, 0.717) is 11.8 Å². The summed E-state index contributed by atoms with van der Waals surface area (Å²) in [4.78, 5) is 13.8. The molecule has 1 fully saturated rings. The summed E-state index contributed by atoms with van der Waals surface area (Å²) in [7, 11) is 0. The molecule has 1 aliphatic rings. The van der Waals surface area contributed by atoms with Crippen molar-refractivity contribution in [2.24, 2.45) is 11.8 Å². The first-order valence-corrected chi connectivity index (χ1v) is 5.93. The molecule has 1 aliphatic heterocycles. The van der Waals surface area contributed by atoms with Gasteiger partial charge in [0.25, 0.3) is 0 Å². The summed E-state index contributed by atoms with van der Waals surface area (Å²) >= 11 is 0. The zero-order valence-corrected chi connectivity index (χ0v) is 9.75. The maximum atomic E-state index is 11.7. The summed E-state index contributed by atoms with van der Waals surface area (Å²) in [6, 6.07) is 0. The van der Waals surface area contributed by atoms with E-state index in [0.717, 1.165) is 31.8 Å². The predicted octanol–water partition coefficient (Wildman–Crippen LogP) is 2.68. The van der Waals surface area contributed by atoms with Crippen LogP contribution in [-0.2, 0) is 4.79 Å². The summed E-state index contributed by atoms with van der Waals surface area (Å²) in [6.45, 7) is 8.58. The van der Waals surface area contributed by atoms with Gasteiger partial charge < -0.3 is 4.90 Å². The van der Waals surface area contributed by atoms with Crippen LogP contribution >= 0.6 is 0 Å². The molecule has 2 heteroatoms. The molecule has 0 aromatic heterocycles. The van der Waals surface area contributed by atoms with Crippen LogP contribution in [0.3, 0.4) is 0 Å². The molecule has 0 bridgehead atoms. The van der Waals surface area contributed by atoms with Gasteiger partial charge in [0.05, 0.1) is 0 Å². The highest BCUT2D eigenvalue weighted by molar-refractivity contribution is 5.76. The molecule has 0 radical (unpaired) electrons. The maximum absolute atomic E-state index is 11.7. The van der Waals surface area contributed by atoms with Crippen molar-refractivity contribution in [2.45, 2.75) is 46.5 Å². The van der Waals surface area contributed by atoms with Gasteiger partial charge in [0.2, 0.25) is 5.91 Å². The Morgan fingerprint density at radius 1 is 1.50 bits per heavy atom. The van der Waals surface area contributed by atoms with E-state index in [2.05, 4.69) is 25.7 Å². The Balaban J connectivity index is 2.43. The third kappa shape index (κ3) is 3.00. The molecule has 1 atom stereocenters. The summed E-state index contributed by atoms with van der Waals surface area (Å²) in [5, 5.41) is 0. The molecule has 0 aromatic rings. The van der Waals surface area contributed by atoms with Crippen LogP contribution in [-0.4, -0.2) is 23.9 Å². The van der Waals surface area contributed by atoms with Crippen LogP contribution in [0.5, 0.6) is 0 Å². The molecule has 82 valence electrons. The van der Waals surface area contributed by atoms with E-state index in [1.807, 2.05) is 0 Å². The van der Waals surface area contributed by atoms with E-state index in [1.54, 1.807) is 0 Å². The molecule has 0 unspecified atom stereocenters. The average molecular weight is 197 g/mol. The van der Waals surface area contributed by atoms with Gasteiger partial charge in [0.15, 0.2) is 0 Å². The third-order valence-electron chi connectivity index (χ3n) is 3.22. The normalized spacial score (nSPS) is 22.9. The number of nitrogens with zero attached hydrogens (tertiary/aromatic N) is 1. The molecular weight excluding hydrogens is 174 g/mol. The van der Waals surface area contributed by atoms with Gasteiger partial charge >= 0.3 is 0 Å². The lowest BCUT2D eigenvalue weighted by Crippen LogP contribution is -2.41. The second-order valence-electron chi connectivity index (χ2n) is 4.74. The van der Waals surface area contributed by atoms with Crippen LogP contribution in [0.1, 0.15) is 46.5 Å². The topological polar surface area (TPSA) is 20.3 Å². The molecule has 1 saturated heterocycles. The highest BCUT2D eigenvalue weighted by Crippen LogP contribution is 2.23. The van der Waals surface area contributed by atoms with Crippen molar-refractivity contribution in [3.63, 3.8) is 0 Å². The Morgan fingerprint density at radius 3 is 2.79 bits per heavy atom. The minimum absolute atomic E-state index is 0.359. The summed E-state index contributed by atoms with van der Waals surface area (Å²) in [5.41, 5.74) is 0. The molecule has 0 aromatic carbocycles. The molecule has 14 heavy (non-hydrogen) atoms. The van der Waals surface area contributed by atoms with Crippen LogP contribution in [0.4, 0.5) is 0 Å². The smallest absolute Gasteiger partial charge is 0.222 e. The molecule has 1 amide bonds. The van der Waals surface area contributed by atoms with E-state index in [1.165, 1.54) is 12.8 Å². The lowest BCUT2D eigenvalue weighted by molar-refractivity contribution is -0.133. The maximum Gasteiger partial charge on any atom is 0.222 e. The Morgan fingerprint density at radius 2 is 2.21 bits per heavy atom. The Hall–Kier alpha value is -0.530. The number of carbonyl (C=O) groups excluding carboxylic acids is 1. The monoisotopic (exact) mass is 197 g/mol. The fourth-order valence-electron chi connectivity index (χ4n) is 2.15. The lowest BCUT2D eigenvalue weighted by atomic mass is 9.88. The van der Waals surface area contributed by atoms with Crippen molar-refractivity contribution in [1.29, 1.82) is 0 Å². The van der Waals surface area contributed by atoms with Gasteiger partial charge in [0.1, 0.15) is 0 Å². The minimum Gasteiger partial charge on any atom is -0.342 e. The van der Waals surface area contributed by atoms with Crippen molar-refractivity contribution in [3.05, 3.63) is 0 Å². The minimum atomic E-state index is 0.359. The number of hydrogen-bond donors (Lipinski definition) is 0. The number of amides is 1. The van der Waals surface area contributed by atoms with Gasteiger partial charge in [-0.3, -0.25) is 4.79 Å². The number of hydrogen-bond acceptors (Lipinski definition) is 1. The third-order valence-corrected chi connectivity index (χ3v) is 3.22. The van der Waals surface area contributed by atoms with Gasteiger partial charge in [-0.1, -0.05) is 20.8 Å². The Kier molecular flexibility index (Phi) is 4.43.